The van der Waals surface area contributed by atoms with Crippen LogP contribution in [0.2, 0.25) is 0 Å². The Balaban J connectivity index is 1.52. The summed E-state index contributed by atoms with van der Waals surface area (Å²) in [5.74, 6) is 0.0911. The zero-order valence-corrected chi connectivity index (χ0v) is 18.1. The highest BCUT2D eigenvalue weighted by Gasteiger charge is 2.19. The van der Waals surface area contributed by atoms with E-state index in [2.05, 4.69) is 40.0 Å². The lowest BCUT2D eigenvalue weighted by molar-refractivity contribution is -0.113. The number of hydrogen-bond acceptors (Lipinski definition) is 5. The number of hydrogen-bond donors (Lipinski definition) is 1. The van der Waals surface area contributed by atoms with Crippen LogP contribution >= 0.6 is 23.1 Å². The third kappa shape index (κ3) is 4.15. The maximum Gasteiger partial charge on any atom is 0.234 e. The molecule has 30 heavy (non-hydrogen) atoms. The number of carbonyl (C=O) groups is 1. The van der Waals surface area contributed by atoms with Gasteiger partial charge in [-0.1, -0.05) is 54.2 Å². The highest BCUT2D eigenvalue weighted by molar-refractivity contribution is 7.99. The van der Waals surface area contributed by atoms with Crippen molar-refractivity contribution in [2.45, 2.75) is 12.1 Å². The van der Waals surface area contributed by atoms with Gasteiger partial charge in [0.25, 0.3) is 0 Å². The molecule has 0 aliphatic heterocycles. The number of halogens is 1. The summed E-state index contributed by atoms with van der Waals surface area (Å²) in [6.45, 7) is 2.09. The number of para-hydroxylation sites is 1. The van der Waals surface area contributed by atoms with Crippen LogP contribution in [0, 0.1) is 12.7 Å². The molecule has 152 valence electrons. The second-order valence-electron chi connectivity index (χ2n) is 6.63. The van der Waals surface area contributed by atoms with Gasteiger partial charge >= 0.3 is 0 Å². The van der Waals surface area contributed by atoms with E-state index < -0.39 is 5.82 Å². The molecule has 0 bridgehead atoms. The molecule has 4 aromatic rings. The van der Waals surface area contributed by atoms with E-state index >= 15 is 0 Å². The van der Waals surface area contributed by atoms with Crippen LogP contribution in [0.1, 0.15) is 4.88 Å². The molecule has 2 heterocycles. The zero-order chi connectivity index (χ0) is 21.1. The molecule has 0 unspecified atom stereocenters. The summed E-state index contributed by atoms with van der Waals surface area (Å²) in [6.07, 6.45) is 0. The van der Waals surface area contributed by atoms with E-state index in [1.54, 1.807) is 23.5 Å². The van der Waals surface area contributed by atoms with Crippen LogP contribution in [-0.4, -0.2) is 26.4 Å². The topological polar surface area (TPSA) is 59.8 Å². The number of rotatable bonds is 6. The van der Waals surface area contributed by atoms with Gasteiger partial charge in [0, 0.05) is 28.4 Å². The van der Waals surface area contributed by atoms with Crippen molar-refractivity contribution in [3.8, 4) is 22.5 Å². The predicted octanol–water partition coefficient (Wildman–Crippen LogP) is 5.39. The van der Waals surface area contributed by atoms with Crippen LogP contribution in [0.4, 0.5) is 10.1 Å². The average molecular weight is 439 g/mol. The lowest BCUT2D eigenvalue weighted by Gasteiger charge is -2.08. The molecule has 0 atom stereocenters. The van der Waals surface area contributed by atoms with Crippen molar-refractivity contribution in [2.75, 3.05) is 11.1 Å². The van der Waals surface area contributed by atoms with Gasteiger partial charge in [-0.3, -0.25) is 4.79 Å². The number of nitrogens with one attached hydrogen (secondary N) is 1. The Hall–Kier alpha value is -2.97. The van der Waals surface area contributed by atoms with Gasteiger partial charge in [-0.15, -0.1) is 21.5 Å². The summed E-state index contributed by atoms with van der Waals surface area (Å²) in [7, 11) is 1.88. The van der Waals surface area contributed by atoms with E-state index in [-0.39, 0.29) is 17.3 Å². The van der Waals surface area contributed by atoms with E-state index in [0.29, 0.717) is 5.16 Å². The van der Waals surface area contributed by atoms with Crippen molar-refractivity contribution in [3.63, 3.8) is 0 Å². The first-order chi connectivity index (χ1) is 14.5. The fourth-order valence-corrected chi connectivity index (χ4v) is 4.71. The third-order valence-electron chi connectivity index (χ3n) is 4.59. The minimum absolute atomic E-state index is 0.106. The molecular weight excluding hydrogens is 419 g/mol. The first-order valence-corrected chi connectivity index (χ1v) is 11.1. The van der Waals surface area contributed by atoms with Gasteiger partial charge in [-0.25, -0.2) is 4.39 Å². The largest absolute Gasteiger partial charge is 0.323 e. The number of anilines is 1. The molecular formula is C22H19FN4OS2. The Morgan fingerprint density at radius 3 is 2.63 bits per heavy atom. The number of nitrogens with zero attached hydrogens (tertiary/aromatic N) is 3. The summed E-state index contributed by atoms with van der Waals surface area (Å²) in [6, 6.07) is 16.3. The van der Waals surface area contributed by atoms with E-state index in [9.17, 15) is 9.18 Å². The van der Waals surface area contributed by atoms with E-state index in [4.69, 9.17) is 0 Å². The number of thioether (sulfide) groups is 1. The third-order valence-corrected chi connectivity index (χ3v) is 6.52. The Labute approximate surface area is 182 Å². The lowest BCUT2D eigenvalue weighted by atomic mass is 10.0. The van der Waals surface area contributed by atoms with Crippen LogP contribution in [0.3, 0.4) is 0 Å². The Morgan fingerprint density at radius 1 is 1.13 bits per heavy atom. The second kappa shape index (κ2) is 8.81. The van der Waals surface area contributed by atoms with Crippen molar-refractivity contribution in [1.29, 1.82) is 0 Å². The van der Waals surface area contributed by atoms with Crippen molar-refractivity contribution in [1.82, 2.24) is 14.8 Å². The number of aryl methyl sites for hydroxylation is 1. The molecule has 2 aromatic heterocycles. The number of thiophene rings is 1. The van der Waals surface area contributed by atoms with E-state index in [1.165, 1.54) is 28.8 Å². The number of amides is 1. The maximum atomic E-state index is 13.7. The fraction of sp³-hybridized carbons (Fsp3) is 0.136. The molecule has 0 fully saturated rings. The highest BCUT2D eigenvalue weighted by Crippen LogP contribution is 2.38. The molecule has 5 nitrogen and oxygen atoms in total. The molecule has 0 aliphatic rings. The Morgan fingerprint density at radius 2 is 1.87 bits per heavy atom. The van der Waals surface area contributed by atoms with Gasteiger partial charge in [0.05, 0.1) is 11.4 Å². The average Bonchev–Trinajstić information content (AvgIpc) is 3.31. The molecule has 0 saturated carbocycles. The molecule has 1 amide bonds. The van der Waals surface area contributed by atoms with Gasteiger partial charge in [0.1, 0.15) is 5.82 Å². The zero-order valence-electron chi connectivity index (χ0n) is 16.4. The van der Waals surface area contributed by atoms with Crippen molar-refractivity contribution in [3.05, 3.63) is 70.7 Å². The van der Waals surface area contributed by atoms with Gasteiger partial charge < -0.3 is 9.88 Å². The molecule has 8 heteroatoms. The molecule has 0 saturated heterocycles. The monoisotopic (exact) mass is 438 g/mol. The van der Waals surface area contributed by atoms with Crippen LogP contribution in [0.15, 0.2) is 65.1 Å². The van der Waals surface area contributed by atoms with Gasteiger partial charge in [0.2, 0.25) is 5.91 Å². The minimum atomic E-state index is -0.460. The predicted molar refractivity (Wildman–Crippen MR) is 120 cm³/mol. The van der Waals surface area contributed by atoms with Crippen molar-refractivity contribution < 1.29 is 9.18 Å². The highest BCUT2D eigenvalue weighted by atomic mass is 32.2. The summed E-state index contributed by atoms with van der Waals surface area (Å²) in [5.41, 5.74) is 3.46. The molecule has 2 aromatic carbocycles. The minimum Gasteiger partial charge on any atom is -0.323 e. The fourth-order valence-electron chi connectivity index (χ4n) is 3.14. The number of carbonyl (C=O) groups excluding carboxylic acids is 1. The van der Waals surface area contributed by atoms with Crippen molar-refractivity contribution >= 4 is 34.7 Å². The smallest absolute Gasteiger partial charge is 0.234 e. The van der Waals surface area contributed by atoms with E-state index in [0.717, 1.165) is 22.5 Å². The lowest BCUT2D eigenvalue weighted by Crippen LogP contribution is -2.15. The molecule has 0 spiro atoms. The quantitative estimate of drug-likeness (QED) is 0.410. The van der Waals surface area contributed by atoms with Gasteiger partial charge in [-0.2, -0.15) is 0 Å². The molecule has 0 radical (unpaired) electrons. The summed E-state index contributed by atoms with van der Waals surface area (Å²) < 4.78 is 15.6. The standard InChI is InChI=1S/C22H19FN4OS2/c1-14-20(15-8-4-3-5-9-15)16(12-29-14)21-25-26-22(27(21)2)30-13-19(28)24-18-11-7-6-10-17(18)23/h3-12H,13H2,1-2H3,(H,24,28). The van der Waals surface area contributed by atoms with Crippen LogP contribution in [0.5, 0.6) is 0 Å². The first kappa shape index (κ1) is 20.3. The summed E-state index contributed by atoms with van der Waals surface area (Å²) >= 11 is 2.93. The van der Waals surface area contributed by atoms with Gasteiger partial charge in [-0.05, 0) is 24.6 Å². The first-order valence-electron chi connectivity index (χ1n) is 9.25. The Bertz CT molecular complexity index is 1190. The van der Waals surface area contributed by atoms with Crippen LogP contribution in [0.25, 0.3) is 22.5 Å². The second-order valence-corrected chi connectivity index (χ2v) is 8.65. The molecule has 1 N–H and O–H groups in total. The molecule has 0 aliphatic carbocycles. The normalized spacial score (nSPS) is 10.9. The SMILES string of the molecule is Cc1scc(-c2nnc(SCC(=O)Nc3ccccc3F)n2C)c1-c1ccccc1. The van der Waals surface area contributed by atoms with E-state index in [1.807, 2.05) is 29.8 Å². The van der Waals surface area contributed by atoms with Gasteiger partial charge in [0.15, 0.2) is 11.0 Å². The Kier molecular flexibility index (Phi) is 5.96. The number of aromatic nitrogens is 3. The number of benzene rings is 2. The molecule has 4 rings (SSSR count). The maximum absolute atomic E-state index is 13.7. The van der Waals surface area contributed by atoms with Crippen molar-refractivity contribution in [2.24, 2.45) is 7.05 Å². The van der Waals surface area contributed by atoms with Crippen LogP contribution < -0.4 is 5.32 Å². The summed E-state index contributed by atoms with van der Waals surface area (Å²) in [4.78, 5) is 13.4. The summed E-state index contributed by atoms with van der Waals surface area (Å²) in [5, 5.41) is 13.9. The van der Waals surface area contributed by atoms with Crippen LogP contribution in [-0.2, 0) is 11.8 Å².